The van der Waals surface area contributed by atoms with E-state index in [1.807, 2.05) is 253 Å². The van der Waals surface area contributed by atoms with E-state index in [1.54, 1.807) is 39.8 Å². The van der Waals surface area contributed by atoms with Gasteiger partial charge in [-0.2, -0.15) is 5.26 Å². The summed E-state index contributed by atoms with van der Waals surface area (Å²) in [5.41, 5.74) is 25.2. The van der Waals surface area contributed by atoms with Crippen LogP contribution in [0.5, 0.6) is 0 Å². The number of anilines is 12. The van der Waals surface area contributed by atoms with E-state index in [0.717, 1.165) is 171 Å². The van der Waals surface area contributed by atoms with Gasteiger partial charge in [-0.1, -0.05) is 132 Å². The fourth-order valence-electron chi connectivity index (χ4n) is 18.2. The Morgan fingerprint density at radius 1 is 0.316 bits per heavy atom. The van der Waals surface area contributed by atoms with E-state index in [2.05, 4.69) is 105 Å². The smallest absolute Gasteiger partial charge is 0.224 e. The third-order valence-corrected chi connectivity index (χ3v) is 24.6. The number of aryl methyl sites for hydroxylation is 1. The summed E-state index contributed by atoms with van der Waals surface area (Å²) in [4.78, 5) is 103. The van der Waals surface area contributed by atoms with Gasteiger partial charge in [0.25, 0.3) is 0 Å². The van der Waals surface area contributed by atoms with Crippen molar-refractivity contribution >= 4 is 139 Å². The second kappa shape index (κ2) is 42.6. The topological polar surface area (TPSA) is 270 Å². The van der Waals surface area contributed by atoms with Gasteiger partial charge in [0.1, 0.15) is 6.07 Å². The predicted molar refractivity (Wildman–Crippen MR) is 540 cm³/mol. The zero-order valence-corrected chi connectivity index (χ0v) is 78.1. The van der Waals surface area contributed by atoms with Gasteiger partial charge in [0, 0.05) is 142 Å². The minimum atomic E-state index is -0.121. The molecular formula is C110H107Cl2N13O8. The monoisotopic (exact) mass is 1810 g/mol. The number of hydrogen-bond acceptors (Lipinski definition) is 13. The summed E-state index contributed by atoms with van der Waals surface area (Å²) < 4.78 is 0. The van der Waals surface area contributed by atoms with Gasteiger partial charge in [-0.25, -0.2) is 0 Å². The lowest BCUT2D eigenvalue weighted by Gasteiger charge is -2.40. The van der Waals surface area contributed by atoms with Crippen molar-refractivity contribution in [1.29, 1.82) is 5.26 Å². The largest absolute Gasteiger partial charge is 0.378 e. The lowest BCUT2D eigenvalue weighted by Crippen LogP contribution is -2.43. The van der Waals surface area contributed by atoms with Gasteiger partial charge in [0.2, 0.25) is 47.3 Å². The molecule has 0 aliphatic carbocycles. The number of rotatable bonds is 16. The van der Waals surface area contributed by atoms with Gasteiger partial charge in [0.05, 0.1) is 56.8 Å². The number of carbonyl (C=O) groups excluding carboxylic acids is 8. The summed E-state index contributed by atoms with van der Waals surface area (Å²) in [5.74, 6) is 4.91. The van der Waals surface area contributed by atoms with Gasteiger partial charge in [-0.15, -0.1) is 12.8 Å². The minimum absolute atomic E-state index is 0.0000283. The van der Waals surface area contributed by atoms with Crippen molar-refractivity contribution in [2.24, 2.45) is 0 Å². The average molecular weight is 1810 g/mol. The van der Waals surface area contributed by atoms with Crippen LogP contribution in [0, 0.1) is 42.9 Å². The number of hydrogen-bond donors (Lipinski definition) is 8. The van der Waals surface area contributed by atoms with Gasteiger partial charge >= 0.3 is 0 Å². The summed E-state index contributed by atoms with van der Waals surface area (Å²) in [7, 11) is 0. The Morgan fingerprint density at radius 3 is 0.940 bits per heavy atom. The molecule has 16 rings (SSSR count). The average Bonchev–Trinajstić information content (AvgIpc) is 0.783. The van der Waals surface area contributed by atoms with E-state index >= 15 is 0 Å². The van der Waals surface area contributed by atoms with Gasteiger partial charge in [0.15, 0.2) is 0 Å². The number of para-hydroxylation sites is 2. The molecule has 23 heteroatoms. The Labute approximate surface area is 788 Å². The molecule has 0 unspecified atom stereocenters. The number of benzene rings is 12. The molecule has 4 aliphatic rings. The van der Waals surface area contributed by atoms with Crippen LogP contribution in [-0.4, -0.2) is 71.4 Å². The third-order valence-electron chi connectivity index (χ3n) is 23.9. The van der Waals surface area contributed by atoms with Crippen LogP contribution in [0.2, 0.25) is 10.0 Å². The Kier molecular flexibility index (Phi) is 30.5. The molecule has 12 aromatic carbocycles. The molecule has 21 nitrogen and oxygen atoms in total. The molecule has 8 N–H and O–H groups in total. The summed E-state index contributed by atoms with van der Waals surface area (Å²) in [6, 6.07) is 84.4. The number of nitrogens with zero attached hydrogens (tertiary/aromatic N) is 5. The highest BCUT2D eigenvalue weighted by Crippen LogP contribution is 2.48. The lowest BCUT2D eigenvalue weighted by atomic mass is 9.88. The fourth-order valence-corrected chi connectivity index (χ4v) is 18.7. The van der Waals surface area contributed by atoms with Crippen molar-refractivity contribution in [3.05, 3.63) is 309 Å². The van der Waals surface area contributed by atoms with Gasteiger partial charge in [-0.05, 0) is 290 Å². The number of nitrogens with one attached hydrogen (secondary N) is 8. The molecular weight excluding hydrogens is 1700 g/mol. The molecule has 4 heterocycles. The highest BCUT2D eigenvalue weighted by molar-refractivity contribution is 6.33. The summed E-state index contributed by atoms with van der Waals surface area (Å²) in [5, 5.41) is 36.4. The molecule has 0 radical (unpaired) electrons. The summed E-state index contributed by atoms with van der Waals surface area (Å²) in [6.45, 7) is 22.6. The first-order valence-electron chi connectivity index (χ1n) is 44.1. The summed E-state index contributed by atoms with van der Waals surface area (Å²) >= 11 is 12.9. The Balaban J connectivity index is 0.000000151. The number of carbonyl (C=O) groups is 8. The molecule has 0 aromatic heterocycles. The molecule has 0 spiro atoms. The van der Waals surface area contributed by atoms with E-state index in [0.29, 0.717) is 22.0 Å². The quantitative estimate of drug-likeness (QED) is 0.0419. The zero-order chi connectivity index (χ0) is 95.2. The molecule has 8 amide bonds. The van der Waals surface area contributed by atoms with Crippen molar-refractivity contribution < 1.29 is 38.4 Å². The van der Waals surface area contributed by atoms with E-state index in [4.69, 9.17) is 36.0 Å². The predicted octanol–water partition coefficient (Wildman–Crippen LogP) is 23.9. The fraction of sp³-hybridized carbons (Fsp3) is 0.227. The SMILES string of the molecule is C#Cc1ccc(N[C@@H]2C[C@H](C)N(C(C)=O)c3ccc(-c4cccc(NC(C)=O)c4)cc32)c(Cl)c1.C#Cc1ccc(N[C@@H]2C[C@H](C)N(C(C)=O)c3ccc(-c4cccc(NC(C)=O)c4)cc32)cc1C.CC(=O)Nc1cccc(-c2ccc3c(c2)[C@H](Nc2ccccc2C#N)C[C@H](C)N3C(C)=O)c1.CC(=O)Nc1cccc(-c2ccc3c(c2)[C@H](Nc2ccccc2Cl)C[C@H](C)N3C(C)=O)c1. The molecule has 8 atom stereocenters. The maximum Gasteiger partial charge on any atom is 0.224 e. The van der Waals surface area contributed by atoms with E-state index in [-0.39, 0.29) is 95.6 Å². The van der Waals surface area contributed by atoms with Gasteiger partial charge in [-0.3, -0.25) is 38.4 Å². The van der Waals surface area contributed by atoms with Crippen molar-refractivity contribution in [1.82, 2.24) is 0 Å². The standard InChI is InChI=1S/C29H29N3O2.C28H26ClN3O2.C27H26N4O2.C26H26ClN3O2/c1-6-22-10-12-26(14-18(22)2)31-28-15-19(3)32(21(5)34)29-13-11-24(17-27(28)29)23-8-7-9-25(16-23)30-20(4)33;1-5-20-9-11-26(25(29)14-20)31-27-13-17(2)32(19(4)34)28-12-10-22(16-24(27)28)21-7-6-8-23(15-21)30-18(3)33;1-17-13-26(30-25-10-5-4-7-22(25)16-28)24-15-21(11-12-27(24)31(17)19(3)33)20-8-6-9-23(14-20)29-18(2)32;1-16-13-25(29-24-10-5-4-9-23(24)27)22-15-20(11-12-26(22)30(16)18(3)32)19-7-6-8-21(14-19)28-17(2)31/h1,7-14,16-17,19,28,31H,15H2,2-5H3,(H,30,33);1,6-12,14-17,27,31H,13H2,2-4H3,(H,30,33);4-12,14-15,17,26,30H,13H2,1-3H3,(H,29,32);4-12,14-16,25,29H,13H2,1-3H3,(H,28,31)/t19-,28+;17-,27+;17-,26+;16-,25+/m0000/s1. The third kappa shape index (κ3) is 23.0. The van der Waals surface area contributed by atoms with Crippen LogP contribution in [0.1, 0.15) is 177 Å². The van der Waals surface area contributed by atoms with Crippen LogP contribution in [0.4, 0.5) is 68.2 Å². The van der Waals surface area contributed by atoms with E-state index in [1.165, 1.54) is 27.7 Å². The van der Waals surface area contributed by atoms with Crippen molar-refractivity contribution in [2.45, 2.75) is 164 Å². The second-order valence-electron chi connectivity index (χ2n) is 34.0. The van der Waals surface area contributed by atoms with Crippen LogP contribution < -0.4 is 62.1 Å². The molecule has 0 bridgehead atoms. The van der Waals surface area contributed by atoms with Crippen LogP contribution in [0.25, 0.3) is 44.5 Å². The van der Waals surface area contributed by atoms with Crippen LogP contribution in [0.3, 0.4) is 0 Å². The Bertz CT molecular complexity index is 6630. The van der Waals surface area contributed by atoms with E-state index in [9.17, 15) is 43.6 Å². The molecule has 0 fully saturated rings. The van der Waals surface area contributed by atoms with Crippen LogP contribution in [0.15, 0.2) is 255 Å². The number of amides is 8. The second-order valence-corrected chi connectivity index (χ2v) is 34.8. The molecule has 674 valence electrons. The minimum Gasteiger partial charge on any atom is -0.378 e. The van der Waals surface area contributed by atoms with Crippen molar-refractivity contribution in [3.8, 4) is 75.3 Å². The number of fused-ring (bicyclic) bond motifs is 4. The van der Waals surface area contributed by atoms with Crippen molar-refractivity contribution in [2.75, 3.05) is 62.1 Å². The first-order chi connectivity index (χ1) is 63.7. The number of halogens is 2. The maximum absolute atomic E-state index is 12.5. The Hall–Kier alpha value is -15.2. The van der Waals surface area contributed by atoms with Crippen LogP contribution >= 0.6 is 23.2 Å². The summed E-state index contributed by atoms with van der Waals surface area (Å²) in [6.07, 6.45) is 14.0. The number of nitriles is 1. The van der Waals surface area contributed by atoms with E-state index < -0.39 is 0 Å². The first-order valence-corrected chi connectivity index (χ1v) is 44.9. The zero-order valence-electron chi connectivity index (χ0n) is 76.6. The first kappa shape index (κ1) is 95.4. The van der Waals surface area contributed by atoms with Crippen molar-refractivity contribution in [3.63, 3.8) is 0 Å². The van der Waals surface area contributed by atoms with Gasteiger partial charge < -0.3 is 62.1 Å². The lowest BCUT2D eigenvalue weighted by molar-refractivity contribution is -0.118. The maximum atomic E-state index is 12.5. The molecule has 0 saturated carbocycles. The number of terminal acetylenes is 2. The van der Waals surface area contributed by atoms with Crippen LogP contribution in [-0.2, 0) is 38.4 Å². The normalized spacial score (nSPS) is 17.0. The highest BCUT2D eigenvalue weighted by Gasteiger charge is 2.38. The molecule has 0 saturated heterocycles. The molecule has 12 aromatic rings. The highest BCUT2D eigenvalue weighted by atomic mass is 35.5. The Morgan fingerprint density at radius 2 is 0.632 bits per heavy atom. The molecule has 4 aliphatic heterocycles. The molecule has 133 heavy (non-hydrogen) atoms.